The Morgan fingerprint density at radius 1 is 1.58 bits per heavy atom. The fraction of sp³-hybridized carbons (Fsp3) is 0.250. The fourth-order valence-electron chi connectivity index (χ4n) is 0.709. The molecule has 0 bridgehead atoms. The standard InChI is InChI=1S/C8H11N3S/c1-11(2)6-4-7-3-5-9-8(12)10-7/h3-6H,1-2H3,(H,9,10,12)/b6-4+. The van der Waals surface area contributed by atoms with Gasteiger partial charge in [-0.25, -0.2) is 4.98 Å². The first-order valence-corrected chi connectivity index (χ1v) is 3.99. The van der Waals surface area contributed by atoms with Gasteiger partial charge in [0.25, 0.3) is 0 Å². The normalized spacial score (nSPS) is 10.5. The largest absolute Gasteiger partial charge is 0.383 e. The number of H-pyrrole nitrogens is 1. The molecule has 0 amide bonds. The molecule has 0 spiro atoms. The summed E-state index contributed by atoms with van der Waals surface area (Å²) >= 11 is 4.87. The monoisotopic (exact) mass is 181 g/mol. The molecule has 0 aromatic carbocycles. The van der Waals surface area contributed by atoms with E-state index in [0.717, 1.165) is 5.69 Å². The molecule has 1 aromatic heterocycles. The van der Waals surface area contributed by atoms with Crippen molar-refractivity contribution in [1.82, 2.24) is 14.9 Å². The van der Waals surface area contributed by atoms with E-state index < -0.39 is 0 Å². The van der Waals surface area contributed by atoms with E-state index in [0.29, 0.717) is 4.77 Å². The third-order valence-corrected chi connectivity index (χ3v) is 1.46. The Hall–Kier alpha value is -1.16. The maximum absolute atomic E-state index is 4.87. The van der Waals surface area contributed by atoms with E-state index in [2.05, 4.69) is 9.97 Å². The van der Waals surface area contributed by atoms with Crippen LogP contribution in [0.3, 0.4) is 0 Å². The summed E-state index contributed by atoms with van der Waals surface area (Å²) in [6, 6.07) is 1.87. The highest BCUT2D eigenvalue weighted by atomic mass is 32.1. The fourth-order valence-corrected chi connectivity index (χ4v) is 0.888. The summed E-state index contributed by atoms with van der Waals surface area (Å²) in [5, 5.41) is 0. The van der Waals surface area contributed by atoms with Crippen LogP contribution in [0.15, 0.2) is 18.5 Å². The number of nitrogens with one attached hydrogen (secondary N) is 1. The Balaban J connectivity index is 2.83. The van der Waals surface area contributed by atoms with Crippen molar-refractivity contribution in [3.63, 3.8) is 0 Å². The van der Waals surface area contributed by atoms with Crippen molar-refractivity contribution in [2.75, 3.05) is 14.1 Å². The lowest BCUT2D eigenvalue weighted by molar-refractivity contribution is 0.567. The Morgan fingerprint density at radius 3 is 2.92 bits per heavy atom. The molecule has 0 fully saturated rings. The van der Waals surface area contributed by atoms with Gasteiger partial charge >= 0.3 is 0 Å². The molecule has 0 aliphatic rings. The molecule has 1 N–H and O–H groups in total. The van der Waals surface area contributed by atoms with E-state index >= 15 is 0 Å². The van der Waals surface area contributed by atoms with Crippen molar-refractivity contribution in [3.8, 4) is 0 Å². The van der Waals surface area contributed by atoms with E-state index in [-0.39, 0.29) is 0 Å². The second-order valence-electron chi connectivity index (χ2n) is 2.61. The summed E-state index contributed by atoms with van der Waals surface area (Å²) in [7, 11) is 3.93. The lowest BCUT2D eigenvalue weighted by atomic mass is 10.4. The zero-order valence-electron chi connectivity index (χ0n) is 7.11. The van der Waals surface area contributed by atoms with E-state index in [4.69, 9.17) is 12.2 Å². The van der Waals surface area contributed by atoms with Crippen molar-refractivity contribution in [2.45, 2.75) is 0 Å². The second kappa shape index (κ2) is 4.01. The van der Waals surface area contributed by atoms with Gasteiger partial charge in [-0.15, -0.1) is 0 Å². The molecular formula is C8H11N3S. The summed E-state index contributed by atoms with van der Waals surface area (Å²) < 4.78 is 0.510. The maximum Gasteiger partial charge on any atom is 0.197 e. The summed E-state index contributed by atoms with van der Waals surface area (Å²) in [5.41, 5.74) is 0.962. The summed E-state index contributed by atoms with van der Waals surface area (Å²) in [4.78, 5) is 8.79. The van der Waals surface area contributed by atoms with Gasteiger partial charge in [-0.05, 0) is 24.4 Å². The van der Waals surface area contributed by atoms with Crippen LogP contribution in [-0.2, 0) is 0 Å². The van der Waals surface area contributed by atoms with Crippen LogP contribution in [0.5, 0.6) is 0 Å². The number of hydrogen-bond donors (Lipinski definition) is 1. The van der Waals surface area contributed by atoms with Gasteiger partial charge in [-0.2, -0.15) is 0 Å². The molecule has 12 heavy (non-hydrogen) atoms. The zero-order valence-corrected chi connectivity index (χ0v) is 7.93. The SMILES string of the molecule is CN(C)/C=C/c1ccnc(=S)[nH]1. The number of nitrogens with zero attached hydrogens (tertiary/aromatic N) is 2. The van der Waals surface area contributed by atoms with Gasteiger partial charge in [0.15, 0.2) is 4.77 Å². The molecular weight excluding hydrogens is 170 g/mol. The van der Waals surface area contributed by atoms with Crippen molar-refractivity contribution < 1.29 is 0 Å². The summed E-state index contributed by atoms with van der Waals surface area (Å²) in [5.74, 6) is 0. The van der Waals surface area contributed by atoms with Gasteiger partial charge in [-0.1, -0.05) is 0 Å². The Bertz CT molecular complexity index is 327. The van der Waals surface area contributed by atoms with E-state index in [1.54, 1.807) is 6.20 Å². The van der Waals surface area contributed by atoms with Crippen LogP contribution in [0, 0.1) is 4.77 Å². The van der Waals surface area contributed by atoms with Crippen LogP contribution in [0.1, 0.15) is 5.69 Å². The molecule has 0 unspecified atom stereocenters. The first kappa shape index (κ1) is 8.93. The van der Waals surface area contributed by atoms with Crippen LogP contribution >= 0.6 is 12.2 Å². The molecule has 0 aliphatic carbocycles. The van der Waals surface area contributed by atoms with Crippen LogP contribution < -0.4 is 0 Å². The first-order chi connectivity index (χ1) is 5.68. The zero-order chi connectivity index (χ0) is 8.97. The van der Waals surface area contributed by atoms with Crippen LogP contribution in [0.25, 0.3) is 6.08 Å². The Kier molecular flexibility index (Phi) is 2.99. The molecule has 0 radical (unpaired) electrons. The molecule has 3 nitrogen and oxygen atoms in total. The van der Waals surface area contributed by atoms with Crippen LogP contribution in [0.4, 0.5) is 0 Å². The number of aromatic amines is 1. The second-order valence-corrected chi connectivity index (χ2v) is 3.00. The first-order valence-electron chi connectivity index (χ1n) is 3.58. The summed E-state index contributed by atoms with van der Waals surface area (Å²) in [6.45, 7) is 0. The molecule has 0 saturated carbocycles. The highest BCUT2D eigenvalue weighted by Crippen LogP contribution is 1.95. The van der Waals surface area contributed by atoms with Gasteiger partial charge in [0.2, 0.25) is 0 Å². The quantitative estimate of drug-likeness (QED) is 0.704. The van der Waals surface area contributed by atoms with Crippen molar-refractivity contribution >= 4 is 18.3 Å². The molecule has 0 atom stereocenters. The number of hydrogen-bond acceptors (Lipinski definition) is 3. The minimum Gasteiger partial charge on any atom is -0.383 e. The average molecular weight is 181 g/mol. The van der Waals surface area contributed by atoms with Gasteiger partial charge in [-0.3, -0.25) is 0 Å². The van der Waals surface area contributed by atoms with E-state index in [1.165, 1.54) is 0 Å². The predicted molar refractivity (Wildman–Crippen MR) is 52.1 cm³/mol. The molecule has 1 aromatic rings. The van der Waals surface area contributed by atoms with Gasteiger partial charge < -0.3 is 9.88 Å². The van der Waals surface area contributed by atoms with Crippen LogP contribution in [0.2, 0.25) is 0 Å². The van der Waals surface area contributed by atoms with Crippen molar-refractivity contribution in [3.05, 3.63) is 28.9 Å². The topological polar surface area (TPSA) is 31.9 Å². The van der Waals surface area contributed by atoms with Crippen molar-refractivity contribution in [1.29, 1.82) is 0 Å². The minimum absolute atomic E-state index is 0.510. The highest BCUT2D eigenvalue weighted by Gasteiger charge is 1.84. The third kappa shape index (κ3) is 2.84. The maximum atomic E-state index is 4.87. The minimum atomic E-state index is 0.510. The number of rotatable bonds is 2. The number of aromatic nitrogens is 2. The Labute approximate surface area is 76.8 Å². The van der Waals surface area contributed by atoms with Crippen LogP contribution in [-0.4, -0.2) is 29.0 Å². The molecule has 4 heteroatoms. The molecule has 0 aliphatic heterocycles. The van der Waals surface area contributed by atoms with Crippen molar-refractivity contribution in [2.24, 2.45) is 0 Å². The lowest BCUT2D eigenvalue weighted by Gasteiger charge is -2.02. The van der Waals surface area contributed by atoms with Gasteiger partial charge in [0.05, 0.1) is 0 Å². The van der Waals surface area contributed by atoms with Gasteiger partial charge in [0.1, 0.15) is 0 Å². The molecule has 0 saturated heterocycles. The lowest BCUT2D eigenvalue weighted by Crippen LogP contribution is -1.99. The Morgan fingerprint density at radius 2 is 2.33 bits per heavy atom. The average Bonchev–Trinajstić information content (AvgIpc) is 2.01. The highest BCUT2D eigenvalue weighted by molar-refractivity contribution is 7.71. The van der Waals surface area contributed by atoms with E-state index in [9.17, 15) is 0 Å². The summed E-state index contributed by atoms with van der Waals surface area (Å²) in [6.07, 6.45) is 5.58. The molecule has 1 heterocycles. The molecule has 64 valence electrons. The smallest absolute Gasteiger partial charge is 0.197 e. The predicted octanol–water partition coefficient (Wildman–Crippen LogP) is 1.67. The molecule has 1 rings (SSSR count). The van der Waals surface area contributed by atoms with Gasteiger partial charge in [0, 0.05) is 32.2 Å². The third-order valence-electron chi connectivity index (χ3n) is 1.25. The van der Waals surface area contributed by atoms with E-state index in [1.807, 2.05) is 37.3 Å².